The van der Waals surface area contributed by atoms with E-state index < -0.39 is 0 Å². The van der Waals surface area contributed by atoms with Crippen LogP contribution in [0.5, 0.6) is 11.5 Å². The number of halogens is 1. The average molecular weight is 426 g/mol. The highest BCUT2D eigenvalue weighted by Gasteiger charge is 2.42. The Labute approximate surface area is 164 Å². The summed E-state index contributed by atoms with van der Waals surface area (Å²) in [7, 11) is 3.29. The summed E-state index contributed by atoms with van der Waals surface area (Å²) in [5.74, 6) is 2.40. The van der Waals surface area contributed by atoms with Gasteiger partial charge in [0.05, 0.1) is 27.4 Å². The van der Waals surface area contributed by atoms with E-state index in [9.17, 15) is 0 Å². The second-order valence-corrected chi connectivity index (χ2v) is 7.80. The maximum absolute atomic E-state index is 5.64. The van der Waals surface area contributed by atoms with E-state index in [0.717, 1.165) is 55.3 Å². The Bertz CT molecular complexity index is 660. The van der Waals surface area contributed by atoms with Crippen molar-refractivity contribution in [3.63, 3.8) is 0 Å². The second kappa shape index (κ2) is 8.48. The van der Waals surface area contributed by atoms with Gasteiger partial charge in [-0.05, 0) is 37.5 Å². The number of likely N-dealkylation sites (tertiary alicyclic amines) is 1. The molecule has 2 saturated heterocycles. The third kappa shape index (κ3) is 4.09. The van der Waals surface area contributed by atoms with E-state index in [4.69, 9.17) is 19.2 Å². The number of guanidine groups is 1. The Morgan fingerprint density at radius 3 is 2.73 bits per heavy atom. The zero-order valence-corrected chi connectivity index (χ0v) is 17.4. The summed E-state index contributed by atoms with van der Waals surface area (Å²) in [6.07, 6.45) is 2.33. The van der Waals surface area contributed by atoms with Gasteiger partial charge in [0.1, 0.15) is 0 Å². The number of methoxy groups -OCH3 is 2. The van der Waals surface area contributed by atoms with Gasteiger partial charge in [-0.3, -0.25) is 0 Å². The Kier molecular flexibility index (Phi) is 6.29. The molecule has 26 heavy (non-hydrogen) atoms. The smallest absolute Gasteiger partial charge is 0.194 e. The molecule has 1 N–H and O–H groups in total. The maximum Gasteiger partial charge on any atom is 0.194 e. The van der Waals surface area contributed by atoms with Crippen molar-refractivity contribution in [3.05, 3.63) is 22.2 Å². The number of nitrogens with zero attached hydrogens (tertiary/aromatic N) is 2. The molecule has 3 rings (SSSR count). The second-order valence-electron chi connectivity index (χ2n) is 6.94. The van der Waals surface area contributed by atoms with E-state index in [-0.39, 0.29) is 0 Å². The van der Waals surface area contributed by atoms with Gasteiger partial charge in [0, 0.05) is 36.1 Å². The molecule has 1 aromatic carbocycles. The van der Waals surface area contributed by atoms with Crippen LogP contribution in [0.3, 0.4) is 0 Å². The van der Waals surface area contributed by atoms with Crippen molar-refractivity contribution in [1.82, 2.24) is 10.2 Å². The first-order valence-corrected chi connectivity index (χ1v) is 9.91. The van der Waals surface area contributed by atoms with Crippen molar-refractivity contribution in [2.75, 3.05) is 47.1 Å². The van der Waals surface area contributed by atoms with E-state index in [1.807, 2.05) is 12.1 Å². The first kappa shape index (κ1) is 19.3. The molecule has 0 saturated carbocycles. The number of rotatable bonds is 5. The van der Waals surface area contributed by atoms with Crippen LogP contribution in [0.2, 0.25) is 0 Å². The Balaban J connectivity index is 1.76. The minimum atomic E-state index is 0.320. The fourth-order valence-electron chi connectivity index (χ4n) is 3.69. The van der Waals surface area contributed by atoms with Crippen LogP contribution >= 0.6 is 15.9 Å². The molecular formula is C19H28BrN3O3. The molecular weight excluding hydrogens is 398 g/mol. The molecule has 2 fully saturated rings. The lowest BCUT2D eigenvalue weighted by Gasteiger charge is -2.25. The van der Waals surface area contributed by atoms with E-state index in [1.165, 1.54) is 6.42 Å². The zero-order chi connectivity index (χ0) is 18.6. The number of benzene rings is 1. The van der Waals surface area contributed by atoms with Crippen LogP contribution in [-0.4, -0.2) is 57.9 Å². The molecule has 1 aromatic rings. The molecule has 6 nitrogen and oxygen atoms in total. The molecule has 1 atom stereocenters. The number of aliphatic imine (C=N–C) groups is 1. The summed E-state index contributed by atoms with van der Waals surface area (Å²) in [4.78, 5) is 7.24. The Morgan fingerprint density at radius 1 is 1.31 bits per heavy atom. The van der Waals surface area contributed by atoms with Crippen LogP contribution in [0.15, 0.2) is 21.6 Å². The van der Waals surface area contributed by atoms with E-state index >= 15 is 0 Å². The lowest BCUT2D eigenvalue weighted by molar-refractivity contribution is 0.156. The van der Waals surface area contributed by atoms with Gasteiger partial charge in [-0.15, -0.1) is 0 Å². The van der Waals surface area contributed by atoms with E-state index in [1.54, 1.807) is 14.2 Å². The van der Waals surface area contributed by atoms with Gasteiger partial charge in [0.2, 0.25) is 0 Å². The summed E-state index contributed by atoms with van der Waals surface area (Å²) >= 11 is 3.62. The fraction of sp³-hybridized carbons (Fsp3) is 0.632. The molecule has 0 aromatic heterocycles. The highest BCUT2D eigenvalue weighted by molar-refractivity contribution is 9.10. The lowest BCUT2D eigenvalue weighted by Crippen LogP contribution is -2.41. The van der Waals surface area contributed by atoms with Crippen LogP contribution in [0.4, 0.5) is 0 Å². The number of nitrogens with one attached hydrogen (secondary N) is 1. The van der Waals surface area contributed by atoms with Gasteiger partial charge in [-0.1, -0.05) is 15.9 Å². The summed E-state index contributed by atoms with van der Waals surface area (Å²) < 4.78 is 17.4. The average Bonchev–Trinajstić information content (AvgIpc) is 3.29. The van der Waals surface area contributed by atoms with Gasteiger partial charge in [0.15, 0.2) is 17.5 Å². The quantitative estimate of drug-likeness (QED) is 0.580. The molecule has 1 spiro atoms. The van der Waals surface area contributed by atoms with Crippen LogP contribution in [0, 0.1) is 5.41 Å². The summed E-state index contributed by atoms with van der Waals surface area (Å²) in [5, 5.41) is 3.44. The van der Waals surface area contributed by atoms with Crippen LogP contribution < -0.4 is 14.8 Å². The van der Waals surface area contributed by atoms with Crippen molar-refractivity contribution in [2.24, 2.45) is 10.4 Å². The maximum atomic E-state index is 5.64. The van der Waals surface area contributed by atoms with Crippen LogP contribution in [-0.2, 0) is 11.3 Å². The molecule has 0 amide bonds. The first-order chi connectivity index (χ1) is 12.6. The van der Waals surface area contributed by atoms with Crippen molar-refractivity contribution >= 4 is 21.9 Å². The van der Waals surface area contributed by atoms with Gasteiger partial charge in [0.25, 0.3) is 0 Å². The third-order valence-electron chi connectivity index (χ3n) is 5.21. The summed E-state index contributed by atoms with van der Waals surface area (Å²) in [5.41, 5.74) is 1.39. The molecule has 0 bridgehead atoms. The molecule has 7 heteroatoms. The van der Waals surface area contributed by atoms with Crippen LogP contribution in [0.1, 0.15) is 25.3 Å². The highest BCUT2D eigenvalue weighted by atomic mass is 79.9. The van der Waals surface area contributed by atoms with Gasteiger partial charge in [-0.2, -0.15) is 0 Å². The van der Waals surface area contributed by atoms with Crippen molar-refractivity contribution < 1.29 is 14.2 Å². The van der Waals surface area contributed by atoms with Crippen molar-refractivity contribution in [3.8, 4) is 11.5 Å². The minimum Gasteiger partial charge on any atom is -0.493 e. The first-order valence-electron chi connectivity index (χ1n) is 9.12. The molecule has 0 aliphatic carbocycles. The van der Waals surface area contributed by atoms with Gasteiger partial charge in [-0.25, -0.2) is 4.99 Å². The highest BCUT2D eigenvalue weighted by Crippen LogP contribution is 2.38. The number of ether oxygens (including phenoxy) is 3. The van der Waals surface area contributed by atoms with E-state index in [2.05, 4.69) is 33.1 Å². The SMILES string of the molecule is CCNC(=NCc1cc(OC)c(OC)cc1Br)N1CCC2(CCOC2)C1. The van der Waals surface area contributed by atoms with Crippen molar-refractivity contribution in [2.45, 2.75) is 26.3 Å². The predicted octanol–water partition coefficient (Wildman–Crippen LogP) is 3.04. The Morgan fingerprint density at radius 2 is 2.08 bits per heavy atom. The van der Waals surface area contributed by atoms with Gasteiger partial charge >= 0.3 is 0 Å². The largest absolute Gasteiger partial charge is 0.493 e. The lowest BCUT2D eigenvalue weighted by atomic mass is 9.87. The molecule has 2 aliphatic heterocycles. The number of hydrogen-bond donors (Lipinski definition) is 1. The van der Waals surface area contributed by atoms with E-state index in [0.29, 0.717) is 23.5 Å². The Hall–Kier alpha value is -1.47. The zero-order valence-electron chi connectivity index (χ0n) is 15.8. The topological polar surface area (TPSA) is 55.3 Å². The van der Waals surface area contributed by atoms with Crippen molar-refractivity contribution in [1.29, 1.82) is 0 Å². The standard InChI is InChI=1S/C19H28BrN3O3/c1-4-21-18(23-7-5-19(12-23)6-8-26-13-19)22-11-14-9-16(24-2)17(25-3)10-15(14)20/h9-10H,4-8,11-13H2,1-3H3,(H,21,22). The molecule has 0 radical (unpaired) electrons. The number of hydrogen-bond acceptors (Lipinski definition) is 4. The molecule has 144 valence electrons. The molecule has 2 heterocycles. The normalized spacial score (nSPS) is 22.9. The summed E-state index contributed by atoms with van der Waals surface area (Å²) in [6, 6.07) is 3.91. The predicted molar refractivity (Wildman–Crippen MR) is 106 cm³/mol. The minimum absolute atomic E-state index is 0.320. The van der Waals surface area contributed by atoms with Gasteiger partial charge < -0.3 is 24.4 Å². The summed E-state index contributed by atoms with van der Waals surface area (Å²) in [6.45, 7) is 7.35. The van der Waals surface area contributed by atoms with Crippen LogP contribution in [0.25, 0.3) is 0 Å². The molecule has 2 aliphatic rings. The fourth-order valence-corrected chi connectivity index (χ4v) is 4.14. The molecule has 1 unspecified atom stereocenters. The monoisotopic (exact) mass is 425 g/mol. The third-order valence-corrected chi connectivity index (χ3v) is 5.95.